The fraction of sp³-hybridized carbons (Fsp3) is 0.349. The fourth-order valence-electron chi connectivity index (χ4n) is 9.92. The summed E-state index contributed by atoms with van der Waals surface area (Å²) in [5, 5.41) is 42.5. The SMILES string of the molecule is CO.Nc1ccccc1NC1CC2(C1)CC(c1n[nH]c(=O)c3ccccc13)C2.O=c1[nH]nc(C2CC3(CC(Nc4ccccc4[N+](=O)[O-])C3)C2)c2ccccc12. The molecule has 56 heavy (non-hydrogen) atoms. The van der Waals surface area contributed by atoms with Gasteiger partial charge in [-0.05, 0) is 92.5 Å². The van der Waals surface area contributed by atoms with Crippen LogP contribution in [0.4, 0.5) is 22.7 Å². The van der Waals surface area contributed by atoms with E-state index < -0.39 is 0 Å². The Labute approximate surface area is 322 Å². The predicted molar refractivity (Wildman–Crippen MR) is 219 cm³/mol. The van der Waals surface area contributed by atoms with E-state index in [-0.39, 0.29) is 27.8 Å². The van der Waals surface area contributed by atoms with Crippen molar-refractivity contribution in [2.45, 2.75) is 75.3 Å². The van der Waals surface area contributed by atoms with Crippen molar-refractivity contribution in [1.29, 1.82) is 0 Å². The molecule has 7 N–H and O–H groups in total. The highest BCUT2D eigenvalue weighted by atomic mass is 16.6. The maximum absolute atomic E-state index is 12.0. The minimum atomic E-state index is -0.344. The van der Waals surface area contributed by atoms with E-state index in [0.717, 1.165) is 84.6 Å². The summed E-state index contributed by atoms with van der Waals surface area (Å²) >= 11 is 0. The standard InChI is InChI=1S/C21H20N4O3.C21H22N4O.CH4O/c26-20-16-6-2-1-5-15(16)19(23-24-20)13-9-21(10-13)11-14(12-21)22-17-7-3-4-8-18(17)25(27)28;22-17-7-3-4-8-18(17)23-14-11-21(12-14)9-13(10-21)19-15-5-1-2-6-16(15)20(26)25-24-19;1-2/h1-8,13-14,22H,9-12H2,(H,24,26);1-8,13-14,23H,9-12,22H2,(H,25,26);2H,1H3. The number of nitrogens with two attached hydrogens (primary N) is 1. The van der Waals surface area contributed by atoms with Crippen molar-refractivity contribution in [2.24, 2.45) is 10.8 Å². The highest BCUT2D eigenvalue weighted by molar-refractivity contribution is 5.84. The predicted octanol–water partition coefficient (Wildman–Crippen LogP) is 7.22. The van der Waals surface area contributed by atoms with Gasteiger partial charge in [-0.2, -0.15) is 10.2 Å². The van der Waals surface area contributed by atoms with Crippen LogP contribution in [0.15, 0.2) is 107 Å². The number of fused-ring (bicyclic) bond motifs is 2. The molecule has 4 fully saturated rings. The van der Waals surface area contributed by atoms with E-state index in [1.54, 1.807) is 12.1 Å². The number of nitrogen functional groups attached to an aromatic ring is 1. The summed E-state index contributed by atoms with van der Waals surface area (Å²) in [6, 6.07) is 30.9. The Morgan fingerprint density at radius 3 is 1.48 bits per heavy atom. The van der Waals surface area contributed by atoms with Crippen molar-refractivity contribution in [1.82, 2.24) is 20.4 Å². The Bertz CT molecular complexity index is 2510. The van der Waals surface area contributed by atoms with E-state index in [1.165, 1.54) is 18.9 Å². The van der Waals surface area contributed by atoms with Crippen LogP contribution in [0.3, 0.4) is 0 Å². The van der Waals surface area contributed by atoms with Crippen molar-refractivity contribution in [3.63, 3.8) is 0 Å². The molecule has 0 atom stereocenters. The lowest BCUT2D eigenvalue weighted by atomic mass is 9.49. The highest BCUT2D eigenvalue weighted by Crippen LogP contribution is 2.63. The molecule has 13 heteroatoms. The van der Waals surface area contributed by atoms with Crippen LogP contribution in [0.2, 0.25) is 0 Å². The van der Waals surface area contributed by atoms with Gasteiger partial charge in [-0.3, -0.25) is 19.7 Å². The van der Waals surface area contributed by atoms with Crippen LogP contribution >= 0.6 is 0 Å². The molecule has 0 bridgehead atoms. The normalized spacial score (nSPS) is 25.6. The van der Waals surface area contributed by atoms with Crippen molar-refractivity contribution in [3.05, 3.63) is 139 Å². The second-order valence-corrected chi connectivity index (χ2v) is 16.0. The second-order valence-electron chi connectivity index (χ2n) is 16.0. The number of nitrogens with one attached hydrogen (secondary N) is 4. The zero-order valence-corrected chi connectivity index (χ0v) is 31.2. The maximum atomic E-state index is 12.0. The van der Waals surface area contributed by atoms with Crippen LogP contribution in [0.1, 0.15) is 74.6 Å². The lowest BCUT2D eigenvalue weighted by Crippen LogP contribution is -2.52. The van der Waals surface area contributed by atoms with E-state index in [2.05, 4.69) is 31.0 Å². The van der Waals surface area contributed by atoms with Crippen LogP contribution in [0.5, 0.6) is 0 Å². The molecule has 288 valence electrons. The summed E-state index contributed by atoms with van der Waals surface area (Å²) < 4.78 is 0. The molecule has 0 radical (unpaired) electrons. The number of nitrogens with zero attached hydrogens (tertiary/aromatic N) is 3. The van der Waals surface area contributed by atoms with Crippen LogP contribution < -0.4 is 27.5 Å². The molecular weight excluding hydrogens is 709 g/mol. The first-order valence-corrected chi connectivity index (χ1v) is 19.2. The molecule has 4 aliphatic rings. The number of nitro benzene ring substituents is 1. The molecule has 2 aromatic heterocycles. The van der Waals surface area contributed by atoms with Crippen LogP contribution in [-0.2, 0) is 0 Å². The van der Waals surface area contributed by atoms with Gasteiger partial charge in [0.15, 0.2) is 0 Å². The van der Waals surface area contributed by atoms with Gasteiger partial charge in [-0.15, -0.1) is 0 Å². The molecule has 6 aromatic rings. The number of nitro groups is 1. The first kappa shape index (κ1) is 36.9. The Morgan fingerprint density at radius 1 is 0.625 bits per heavy atom. The zero-order chi connectivity index (χ0) is 39.0. The first-order chi connectivity index (χ1) is 27.2. The maximum Gasteiger partial charge on any atom is 0.292 e. The number of aliphatic hydroxyl groups is 1. The third-order valence-electron chi connectivity index (χ3n) is 12.4. The largest absolute Gasteiger partial charge is 0.400 e. The summed E-state index contributed by atoms with van der Waals surface area (Å²) in [7, 11) is 1.00. The molecule has 10 rings (SSSR count). The van der Waals surface area contributed by atoms with Gasteiger partial charge in [0.25, 0.3) is 16.8 Å². The fourth-order valence-corrected chi connectivity index (χ4v) is 9.92. The van der Waals surface area contributed by atoms with Crippen molar-refractivity contribution < 1.29 is 10.0 Å². The number of anilines is 3. The Kier molecular flexibility index (Phi) is 9.79. The highest BCUT2D eigenvalue weighted by Gasteiger charge is 2.55. The Balaban J connectivity index is 0.000000151. The van der Waals surface area contributed by atoms with Gasteiger partial charge in [0.2, 0.25) is 0 Å². The van der Waals surface area contributed by atoms with Gasteiger partial charge < -0.3 is 21.5 Å². The minimum absolute atomic E-state index is 0.105. The van der Waals surface area contributed by atoms with Gasteiger partial charge in [-0.25, -0.2) is 10.2 Å². The van der Waals surface area contributed by atoms with E-state index >= 15 is 0 Å². The molecule has 13 nitrogen and oxygen atoms in total. The molecule has 2 heterocycles. The number of aromatic amines is 2. The Hall–Kier alpha value is -6.08. The number of aliphatic hydroxyl groups excluding tert-OH is 1. The van der Waals surface area contributed by atoms with Gasteiger partial charge in [0.05, 0.1) is 38.5 Å². The molecule has 0 unspecified atom stereocenters. The molecule has 0 amide bonds. The topological polar surface area (TPSA) is 205 Å². The average molecular weight is 755 g/mol. The number of benzene rings is 4. The molecular formula is C43H46N8O5. The average Bonchev–Trinajstić information content (AvgIpc) is 3.16. The van der Waals surface area contributed by atoms with Crippen LogP contribution in [0, 0.1) is 20.9 Å². The smallest absolute Gasteiger partial charge is 0.292 e. The summed E-state index contributed by atoms with van der Waals surface area (Å²) in [6.07, 6.45) is 8.78. The van der Waals surface area contributed by atoms with Gasteiger partial charge in [0, 0.05) is 47.9 Å². The number of para-hydroxylation sites is 4. The molecule has 4 saturated carbocycles. The van der Waals surface area contributed by atoms with E-state index in [9.17, 15) is 19.7 Å². The zero-order valence-electron chi connectivity index (χ0n) is 31.2. The second kappa shape index (κ2) is 14.9. The van der Waals surface area contributed by atoms with Crippen LogP contribution in [0.25, 0.3) is 21.5 Å². The summed E-state index contributed by atoms with van der Waals surface area (Å²) in [5.41, 5.74) is 11.1. The Morgan fingerprint density at radius 2 is 1.02 bits per heavy atom. The minimum Gasteiger partial charge on any atom is -0.400 e. The monoisotopic (exact) mass is 754 g/mol. The van der Waals surface area contributed by atoms with E-state index in [1.807, 2.05) is 78.9 Å². The number of H-pyrrole nitrogens is 2. The lowest BCUT2D eigenvalue weighted by Gasteiger charge is -2.58. The van der Waals surface area contributed by atoms with Crippen molar-refractivity contribution in [3.8, 4) is 0 Å². The van der Waals surface area contributed by atoms with E-state index in [4.69, 9.17) is 10.8 Å². The van der Waals surface area contributed by atoms with E-state index in [0.29, 0.717) is 39.8 Å². The number of hydrogen-bond acceptors (Lipinski definition) is 10. The number of aromatic nitrogens is 4. The van der Waals surface area contributed by atoms with Crippen molar-refractivity contribution >= 4 is 44.3 Å². The molecule has 4 aliphatic carbocycles. The van der Waals surface area contributed by atoms with Gasteiger partial charge in [-0.1, -0.05) is 60.7 Å². The lowest BCUT2D eigenvalue weighted by molar-refractivity contribution is -0.384. The van der Waals surface area contributed by atoms with Gasteiger partial charge in [0.1, 0.15) is 5.69 Å². The third kappa shape index (κ3) is 6.87. The quantitative estimate of drug-likeness (QED) is 0.0548. The molecule has 4 aromatic carbocycles. The number of hydrogen-bond donors (Lipinski definition) is 6. The summed E-state index contributed by atoms with van der Waals surface area (Å²) in [5.74, 6) is 0.799. The summed E-state index contributed by atoms with van der Waals surface area (Å²) in [6.45, 7) is 0. The summed E-state index contributed by atoms with van der Waals surface area (Å²) in [4.78, 5) is 34.8. The molecule has 0 aliphatic heterocycles. The van der Waals surface area contributed by atoms with Crippen LogP contribution in [-0.4, -0.2) is 49.6 Å². The third-order valence-corrected chi connectivity index (χ3v) is 12.4. The van der Waals surface area contributed by atoms with Crippen molar-refractivity contribution in [2.75, 3.05) is 23.5 Å². The number of rotatable bonds is 7. The van der Waals surface area contributed by atoms with Gasteiger partial charge >= 0.3 is 0 Å². The first-order valence-electron chi connectivity index (χ1n) is 19.2. The molecule has 2 spiro atoms. The molecule has 0 saturated heterocycles.